The van der Waals surface area contributed by atoms with E-state index < -0.39 is 0 Å². The van der Waals surface area contributed by atoms with Crippen LogP contribution in [0.3, 0.4) is 0 Å². The first-order valence-electron chi connectivity index (χ1n) is 47.6. The molecule has 11 heteroatoms. The molecular weight excluding hydrogens is 1450 g/mol. The van der Waals surface area contributed by atoms with Gasteiger partial charge in [-0.05, 0) is 163 Å². The molecule has 0 N–H and O–H groups in total. The second kappa shape index (κ2) is 62.6. The molecule has 0 aliphatic heterocycles. The molecule has 7 aromatic carbocycles. The number of unbranched alkanes of at least 4 members (excludes halogenated alkanes) is 36. The second-order valence-electron chi connectivity index (χ2n) is 33.5. The smallest absolute Gasteiger partial charge is 0.162 e. The van der Waals surface area contributed by atoms with Crippen LogP contribution in [0.5, 0.6) is 57.5 Å². The highest BCUT2D eigenvalue weighted by molar-refractivity contribution is 5.46. The van der Waals surface area contributed by atoms with Gasteiger partial charge in [0.15, 0.2) is 23.0 Å². The van der Waals surface area contributed by atoms with E-state index in [1.54, 1.807) is 0 Å². The van der Waals surface area contributed by atoms with Gasteiger partial charge in [-0.25, -0.2) is 0 Å². The van der Waals surface area contributed by atoms with Crippen molar-refractivity contribution in [2.24, 2.45) is 0 Å². The SMILES string of the molecule is CCCCCCCCCCCCOc1ccc(COc2ccc(COc3cc(C[N+](CCC)(CCC)CCC)cc(OCc4ccc(OCc5ccc(OCCCCCCCCCCCC)cc5)c(OCc5ccc(OCCCCCCCCCCCC)cc5)c4)c3)cc2OCc2ccc(OCCCCCCCCCCCC)cc2)cc1. The number of nitrogens with zero attached hydrogens (tertiary/aromatic N) is 1. The molecule has 0 atom stereocenters. The maximum Gasteiger partial charge on any atom is 0.162 e. The number of benzene rings is 7. The van der Waals surface area contributed by atoms with Crippen molar-refractivity contribution in [1.82, 2.24) is 0 Å². The standard InChI is InChI=1S/C106H160NO10/c1-8-15-19-23-27-31-35-39-43-47-74-108-97-61-51-90(52-62-97)84-114-103-69-59-94(80-105(103)116-86-92-55-65-99(66-56-92)110-76-49-45-41-37-33-29-25-21-17-10-3)88-112-101-78-96(83-107(71-12-5,72-13-6)73-14-7)79-102(82-101)113-89-95-60-70-104(115-85-91-53-63-98(64-54-91)109-75-48-44-40-36-32-28-24-20-16-9-2)106(81-95)117-87-93-57-67-100(68-58-93)111-77-50-46-42-38-34-30-26-22-18-11-4/h51-70,78-82H,8-50,71-77,83-89H2,1-7H3/q+1. The van der Waals surface area contributed by atoms with Gasteiger partial charge in [-0.1, -0.05) is 340 Å². The summed E-state index contributed by atoms with van der Waals surface area (Å²) in [5.74, 6) is 7.68. The third-order valence-corrected chi connectivity index (χ3v) is 22.7. The molecule has 0 fully saturated rings. The number of hydrogen-bond acceptors (Lipinski definition) is 10. The van der Waals surface area contributed by atoms with Crippen molar-refractivity contribution >= 4 is 0 Å². The summed E-state index contributed by atoms with van der Waals surface area (Å²) >= 11 is 0. The van der Waals surface area contributed by atoms with Gasteiger partial charge in [0.2, 0.25) is 0 Å². The minimum Gasteiger partial charge on any atom is -0.494 e. The Bertz CT molecular complexity index is 3320. The largest absolute Gasteiger partial charge is 0.494 e. The Morgan fingerprint density at radius 3 is 0.641 bits per heavy atom. The average molecular weight is 1610 g/mol. The lowest BCUT2D eigenvalue weighted by atomic mass is 10.1. The van der Waals surface area contributed by atoms with E-state index in [-0.39, 0.29) is 0 Å². The first-order valence-corrected chi connectivity index (χ1v) is 47.6. The zero-order valence-electron chi connectivity index (χ0n) is 74.8. The Hall–Kier alpha value is -7.50. The fraction of sp³-hybridized carbons (Fsp3) is 0.604. The van der Waals surface area contributed by atoms with Crippen LogP contribution in [0.25, 0.3) is 0 Å². The molecule has 117 heavy (non-hydrogen) atoms. The van der Waals surface area contributed by atoms with Gasteiger partial charge in [0.1, 0.15) is 80.7 Å². The molecule has 0 unspecified atom stereocenters. The van der Waals surface area contributed by atoms with Gasteiger partial charge < -0.3 is 51.9 Å². The van der Waals surface area contributed by atoms with Crippen LogP contribution in [0.1, 0.15) is 364 Å². The van der Waals surface area contributed by atoms with Crippen LogP contribution in [0.4, 0.5) is 0 Å². The van der Waals surface area contributed by atoms with E-state index in [2.05, 4.69) is 182 Å². The van der Waals surface area contributed by atoms with Gasteiger partial charge in [0.05, 0.1) is 46.1 Å². The van der Waals surface area contributed by atoms with Crippen LogP contribution in [-0.4, -0.2) is 50.5 Å². The van der Waals surface area contributed by atoms with E-state index >= 15 is 0 Å². The molecule has 0 saturated carbocycles. The summed E-state index contributed by atoms with van der Waals surface area (Å²) in [7, 11) is 0. The molecule has 0 radical (unpaired) electrons. The predicted molar refractivity (Wildman–Crippen MR) is 490 cm³/mol. The normalized spacial score (nSPS) is 11.4. The van der Waals surface area contributed by atoms with E-state index in [1.165, 1.54) is 237 Å². The summed E-state index contributed by atoms with van der Waals surface area (Å²) in [5.41, 5.74) is 7.29. The molecule has 11 nitrogen and oxygen atoms in total. The molecule has 7 rings (SSSR count). The van der Waals surface area contributed by atoms with E-state index in [1.807, 2.05) is 18.2 Å². The fourth-order valence-corrected chi connectivity index (χ4v) is 15.8. The van der Waals surface area contributed by atoms with Crippen LogP contribution in [0.15, 0.2) is 152 Å². The van der Waals surface area contributed by atoms with Crippen LogP contribution >= 0.6 is 0 Å². The van der Waals surface area contributed by atoms with Gasteiger partial charge in [0, 0.05) is 11.6 Å². The molecule has 0 saturated heterocycles. The minimum absolute atomic E-state index is 0.304. The molecule has 0 aliphatic rings. The third kappa shape index (κ3) is 42.8. The Morgan fingerprint density at radius 2 is 0.393 bits per heavy atom. The van der Waals surface area contributed by atoms with Gasteiger partial charge >= 0.3 is 0 Å². The molecule has 0 spiro atoms. The van der Waals surface area contributed by atoms with Crippen LogP contribution in [0, 0.1) is 0 Å². The monoisotopic (exact) mass is 1610 g/mol. The quantitative estimate of drug-likeness (QED) is 0.0271. The number of hydrogen-bond donors (Lipinski definition) is 0. The lowest BCUT2D eigenvalue weighted by Crippen LogP contribution is -2.48. The Kier molecular flexibility index (Phi) is 51.7. The van der Waals surface area contributed by atoms with E-state index in [4.69, 9.17) is 47.4 Å². The van der Waals surface area contributed by atoms with Crippen molar-refractivity contribution in [3.05, 3.63) is 191 Å². The highest BCUT2D eigenvalue weighted by Crippen LogP contribution is 2.36. The van der Waals surface area contributed by atoms with Crippen molar-refractivity contribution in [3.8, 4) is 57.5 Å². The maximum atomic E-state index is 6.91. The van der Waals surface area contributed by atoms with E-state index in [0.29, 0.717) is 62.6 Å². The van der Waals surface area contributed by atoms with Crippen molar-refractivity contribution < 1.29 is 51.9 Å². The van der Waals surface area contributed by atoms with Crippen LogP contribution in [-0.2, 0) is 46.2 Å². The molecule has 0 amide bonds. The summed E-state index contributed by atoms with van der Waals surface area (Å²) in [5, 5.41) is 0. The number of quaternary nitrogens is 1. The number of ether oxygens (including phenoxy) is 10. The van der Waals surface area contributed by atoms with Crippen LogP contribution in [0.2, 0.25) is 0 Å². The van der Waals surface area contributed by atoms with Gasteiger partial charge in [-0.3, -0.25) is 0 Å². The highest BCUT2D eigenvalue weighted by Gasteiger charge is 2.26. The van der Waals surface area contributed by atoms with Crippen molar-refractivity contribution in [1.29, 1.82) is 0 Å². The van der Waals surface area contributed by atoms with Crippen molar-refractivity contribution in [2.75, 3.05) is 46.1 Å². The molecule has 7 aromatic rings. The third-order valence-electron chi connectivity index (χ3n) is 22.7. The summed E-state index contributed by atoms with van der Waals surface area (Å²) in [4.78, 5) is 0. The van der Waals surface area contributed by atoms with Gasteiger partial charge in [-0.2, -0.15) is 0 Å². The predicted octanol–water partition coefficient (Wildman–Crippen LogP) is 30.9. The summed E-state index contributed by atoms with van der Waals surface area (Å²) < 4.78 is 66.5. The van der Waals surface area contributed by atoms with Crippen molar-refractivity contribution in [3.63, 3.8) is 0 Å². The zero-order chi connectivity index (χ0) is 82.4. The summed E-state index contributed by atoms with van der Waals surface area (Å²) in [6, 6.07) is 52.2. The summed E-state index contributed by atoms with van der Waals surface area (Å²) in [6.07, 6.45) is 55.5. The minimum atomic E-state index is 0.304. The fourth-order valence-electron chi connectivity index (χ4n) is 15.8. The molecular formula is C106H160NO10+. The molecule has 0 bridgehead atoms. The molecule has 648 valence electrons. The first kappa shape index (κ1) is 96.6. The Morgan fingerprint density at radius 1 is 0.171 bits per heavy atom. The summed E-state index contributed by atoms with van der Waals surface area (Å²) in [6.45, 7) is 25.3. The van der Waals surface area contributed by atoms with Crippen LogP contribution < -0.4 is 47.4 Å². The Labute approximate surface area is 712 Å². The van der Waals surface area contributed by atoms with E-state index in [9.17, 15) is 0 Å². The van der Waals surface area contributed by atoms with Gasteiger partial charge in [-0.15, -0.1) is 0 Å². The zero-order valence-corrected chi connectivity index (χ0v) is 74.8. The molecule has 0 aliphatic carbocycles. The Balaban J connectivity index is 1.04. The van der Waals surface area contributed by atoms with Gasteiger partial charge in [0.25, 0.3) is 0 Å². The second-order valence-corrected chi connectivity index (χ2v) is 33.5. The maximum absolute atomic E-state index is 6.91. The molecule has 0 heterocycles. The first-order chi connectivity index (χ1) is 57.7. The lowest BCUT2D eigenvalue weighted by molar-refractivity contribution is -0.941. The number of rotatable bonds is 74. The van der Waals surface area contributed by atoms with E-state index in [0.717, 1.165) is 170 Å². The highest BCUT2D eigenvalue weighted by atomic mass is 16.5. The average Bonchev–Trinajstić information content (AvgIpc) is 0.816. The van der Waals surface area contributed by atoms with Crippen molar-refractivity contribution in [2.45, 2.75) is 371 Å². The topological polar surface area (TPSA) is 92.3 Å². The lowest BCUT2D eigenvalue weighted by Gasteiger charge is -2.38. The molecule has 0 aromatic heterocycles.